The van der Waals surface area contributed by atoms with Gasteiger partial charge in [-0.15, -0.1) is 10.2 Å². The van der Waals surface area contributed by atoms with Gasteiger partial charge in [-0.1, -0.05) is 65.8 Å². The van der Waals surface area contributed by atoms with Crippen LogP contribution in [-0.2, 0) is 6.54 Å². The first-order valence-electron chi connectivity index (χ1n) is 10.8. The first-order chi connectivity index (χ1) is 15.7. The van der Waals surface area contributed by atoms with Crippen molar-refractivity contribution in [2.75, 3.05) is 13.1 Å². The minimum atomic E-state index is 0.0694. The van der Waals surface area contributed by atoms with Gasteiger partial charge >= 0.3 is 0 Å². The van der Waals surface area contributed by atoms with Gasteiger partial charge in [0.15, 0.2) is 5.78 Å². The van der Waals surface area contributed by atoms with Crippen LogP contribution in [0.1, 0.15) is 34.9 Å². The van der Waals surface area contributed by atoms with Crippen molar-refractivity contribution < 1.29 is 13.7 Å². The molecule has 3 heterocycles. The maximum absolute atomic E-state index is 12.7. The van der Waals surface area contributed by atoms with Crippen LogP contribution in [0.15, 0.2) is 69.6 Å². The molecule has 32 heavy (non-hydrogen) atoms. The summed E-state index contributed by atoms with van der Waals surface area (Å²) in [6.07, 6.45) is 1.66. The third-order valence-corrected chi connectivity index (χ3v) is 5.97. The fourth-order valence-electron chi connectivity index (χ4n) is 4.22. The van der Waals surface area contributed by atoms with Gasteiger partial charge in [-0.2, -0.15) is 0 Å². The monoisotopic (exact) mass is 428 g/mol. The number of Topliss-reactive ketones (excluding diaryl/α,β-unsaturated/α-hetero) is 1. The molecule has 0 bridgehead atoms. The molecular formula is C25H24N4O3. The van der Waals surface area contributed by atoms with E-state index in [0.717, 1.165) is 42.6 Å². The summed E-state index contributed by atoms with van der Waals surface area (Å²) in [5.41, 5.74) is 3.15. The predicted octanol–water partition coefficient (Wildman–Crippen LogP) is 4.79. The van der Waals surface area contributed by atoms with E-state index in [9.17, 15) is 4.79 Å². The van der Waals surface area contributed by atoms with Crippen LogP contribution in [0.3, 0.4) is 0 Å². The zero-order valence-corrected chi connectivity index (χ0v) is 17.9. The minimum absolute atomic E-state index is 0.0694. The molecule has 162 valence electrons. The van der Waals surface area contributed by atoms with E-state index in [1.54, 1.807) is 0 Å². The van der Waals surface area contributed by atoms with E-state index >= 15 is 0 Å². The molecule has 2 aromatic heterocycles. The molecule has 7 heteroatoms. The van der Waals surface area contributed by atoms with E-state index in [1.165, 1.54) is 0 Å². The Balaban J connectivity index is 1.25. The van der Waals surface area contributed by atoms with E-state index in [4.69, 9.17) is 8.94 Å². The van der Waals surface area contributed by atoms with Crippen molar-refractivity contribution in [2.45, 2.75) is 26.3 Å². The van der Waals surface area contributed by atoms with Crippen LogP contribution in [0, 0.1) is 12.8 Å². The topological polar surface area (TPSA) is 85.3 Å². The SMILES string of the molecule is Cc1onc(-c2ccccc2)c1-c1nnc(CN2CCC(C(=O)c3ccccc3)CC2)o1. The van der Waals surface area contributed by atoms with Crippen LogP contribution < -0.4 is 0 Å². The summed E-state index contributed by atoms with van der Waals surface area (Å²) in [5.74, 6) is 1.90. The highest BCUT2D eigenvalue weighted by molar-refractivity contribution is 5.97. The Morgan fingerprint density at radius 1 is 1.00 bits per heavy atom. The highest BCUT2D eigenvalue weighted by Crippen LogP contribution is 2.33. The second kappa shape index (κ2) is 8.88. The molecule has 0 spiro atoms. The van der Waals surface area contributed by atoms with Gasteiger partial charge in [0.2, 0.25) is 5.89 Å². The first kappa shape index (κ1) is 20.3. The fraction of sp³-hybridized carbons (Fsp3) is 0.280. The number of benzene rings is 2. The molecule has 5 rings (SSSR count). The molecule has 1 saturated heterocycles. The Labute approximate surface area is 186 Å². The fourth-order valence-corrected chi connectivity index (χ4v) is 4.22. The van der Waals surface area contributed by atoms with Crippen LogP contribution in [0.5, 0.6) is 0 Å². The Morgan fingerprint density at radius 3 is 2.41 bits per heavy atom. The van der Waals surface area contributed by atoms with Crippen LogP contribution in [0.2, 0.25) is 0 Å². The second-order valence-electron chi connectivity index (χ2n) is 8.11. The van der Waals surface area contributed by atoms with Crippen LogP contribution in [0.25, 0.3) is 22.7 Å². The van der Waals surface area contributed by atoms with Crippen LogP contribution in [-0.4, -0.2) is 39.1 Å². The molecule has 0 saturated carbocycles. The Hall–Kier alpha value is -3.58. The van der Waals surface area contributed by atoms with Crippen molar-refractivity contribution in [3.05, 3.63) is 77.9 Å². The van der Waals surface area contributed by atoms with Gasteiger partial charge in [0.05, 0.1) is 6.54 Å². The molecule has 0 N–H and O–H groups in total. The lowest BCUT2D eigenvalue weighted by molar-refractivity contribution is 0.0828. The molecule has 1 aliphatic rings. The number of carbonyl (C=O) groups is 1. The van der Waals surface area contributed by atoms with Crippen molar-refractivity contribution in [2.24, 2.45) is 5.92 Å². The maximum Gasteiger partial charge on any atom is 0.253 e. The zero-order valence-electron chi connectivity index (χ0n) is 17.9. The second-order valence-corrected chi connectivity index (χ2v) is 8.11. The number of aromatic nitrogens is 3. The molecule has 0 atom stereocenters. The van der Waals surface area contributed by atoms with Gasteiger partial charge in [-0.25, -0.2) is 0 Å². The van der Waals surface area contributed by atoms with Crippen molar-refractivity contribution >= 4 is 5.78 Å². The summed E-state index contributed by atoms with van der Waals surface area (Å²) in [4.78, 5) is 15.0. The number of aryl methyl sites for hydroxylation is 1. The summed E-state index contributed by atoms with van der Waals surface area (Å²) < 4.78 is 11.4. The molecular weight excluding hydrogens is 404 g/mol. The van der Waals surface area contributed by atoms with Crippen molar-refractivity contribution in [1.82, 2.24) is 20.3 Å². The lowest BCUT2D eigenvalue weighted by atomic mass is 9.89. The number of hydrogen-bond donors (Lipinski definition) is 0. The molecule has 0 aliphatic carbocycles. The standard InChI is InChI=1S/C25H24N4O3/c1-17-22(23(28-32-17)18-8-4-2-5-9-18)25-27-26-21(31-25)16-29-14-12-20(13-15-29)24(30)19-10-6-3-7-11-19/h2-11,20H,12-16H2,1H3. The quantitative estimate of drug-likeness (QED) is 0.408. The molecule has 2 aromatic carbocycles. The Morgan fingerprint density at radius 2 is 1.69 bits per heavy atom. The number of carbonyl (C=O) groups excluding carboxylic acids is 1. The molecule has 0 radical (unpaired) electrons. The lowest BCUT2D eigenvalue weighted by Gasteiger charge is -2.30. The predicted molar refractivity (Wildman–Crippen MR) is 119 cm³/mol. The van der Waals surface area contributed by atoms with E-state index in [-0.39, 0.29) is 11.7 Å². The molecule has 0 amide bonds. The molecule has 1 aliphatic heterocycles. The summed E-state index contributed by atoms with van der Waals surface area (Å²) in [6, 6.07) is 19.3. The normalized spacial score (nSPS) is 15.2. The van der Waals surface area contributed by atoms with Crippen molar-refractivity contribution in [3.8, 4) is 22.7 Å². The van der Waals surface area contributed by atoms with Gasteiger partial charge < -0.3 is 8.94 Å². The van der Waals surface area contributed by atoms with Crippen LogP contribution >= 0.6 is 0 Å². The molecule has 7 nitrogen and oxygen atoms in total. The zero-order chi connectivity index (χ0) is 21.9. The number of piperidine rings is 1. The van der Waals surface area contributed by atoms with Crippen molar-refractivity contribution in [3.63, 3.8) is 0 Å². The highest BCUT2D eigenvalue weighted by atomic mass is 16.5. The average molecular weight is 428 g/mol. The van der Waals surface area contributed by atoms with E-state index in [1.807, 2.05) is 67.6 Å². The van der Waals surface area contributed by atoms with E-state index in [0.29, 0.717) is 29.8 Å². The highest BCUT2D eigenvalue weighted by Gasteiger charge is 2.27. The number of ketones is 1. The van der Waals surface area contributed by atoms with Gasteiger partial charge in [-0.3, -0.25) is 9.69 Å². The number of hydrogen-bond acceptors (Lipinski definition) is 7. The number of rotatable bonds is 6. The third-order valence-electron chi connectivity index (χ3n) is 5.97. The number of nitrogens with zero attached hydrogens (tertiary/aromatic N) is 4. The largest absolute Gasteiger partial charge is 0.419 e. The third kappa shape index (κ3) is 4.11. The van der Waals surface area contributed by atoms with Gasteiger partial charge in [-0.05, 0) is 32.9 Å². The number of likely N-dealkylation sites (tertiary alicyclic amines) is 1. The molecule has 1 fully saturated rings. The Bertz CT molecular complexity index is 1190. The van der Waals surface area contributed by atoms with Gasteiger partial charge in [0.25, 0.3) is 5.89 Å². The summed E-state index contributed by atoms with van der Waals surface area (Å²) >= 11 is 0. The molecule has 4 aromatic rings. The summed E-state index contributed by atoms with van der Waals surface area (Å²) in [5, 5.41) is 12.7. The van der Waals surface area contributed by atoms with Crippen LogP contribution in [0.4, 0.5) is 0 Å². The van der Waals surface area contributed by atoms with Gasteiger partial charge in [0.1, 0.15) is 17.0 Å². The smallest absolute Gasteiger partial charge is 0.253 e. The lowest BCUT2D eigenvalue weighted by Crippen LogP contribution is -2.36. The molecule has 0 unspecified atom stereocenters. The van der Waals surface area contributed by atoms with Crippen molar-refractivity contribution in [1.29, 1.82) is 0 Å². The maximum atomic E-state index is 12.7. The van der Waals surface area contributed by atoms with E-state index in [2.05, 4.69) is 20.3 Å². The Kier molecular flexibility index (Phi) is 5.64. The van der Waals surface area contributed by atoms with E-state index < -0.39 is 0 Å². The summed E-state index contributed by atoms with van der Waals surface area (Å²) in [6.45, 7) is 4.04. The first-order valence-corrected chi connectivity index (χ1v) is 10.8. The average Bonchev–Trinajstić information content (AvgIpc) is 3.46. The summed E-state index contributed by atoms with van der Waals surface area (Å²) in [7, 11) is 0. The minimum Gasteiger partial charge on any atom is -0.419 e. The van der Waals surface area contributed by atoms with Gasteiger partial charge in [0, 0.05) is 17.0 Å².